The van der Waals surface area contributed by atoms with Crippen LogP contribution in [0.4, 0.5) is 0 Å². The zero-order valence-electron chi connectivity index (χ0n) is 17.7. The van der Waals surface area contributed by atoms with E-state index < -0.39 is 0 Å². The summed E-state index contributed by atoms with van der Waals surface area (Å²) in [4.78, 5) is 18.4. The molecule has 6 nitrogen and oxygen atoms in total. The van der Waals surface area contributed by atoms with Crippen LogP contribution in [0.1, 0.15) is 37.3 Å². The first-order valence-corrected chi connectivity index (χ1v) is 10.7. The highest BCUT2D eigenvalue weighted by molar-refractivity contribution is 5.80. The summed E-state index contributed by atoms with van der Waals surface area (Å²) in [5.41, 5.74) is 7.64. The summed E-state index contributed by atoms with van der Waals surface area (Å²) in [6, 6.07) is 18.2. The Labute approximate surface area is 179 Å². The van der Waals surface area contributed by atoms with Gasteiger partial charge in [0.05, 0.1) is 6.54 Å². The lowest BCUT2D eigenvalue weighted by Crippen LogP contribution is -2.47. The second kappa shape index (κ2) is 11.2. The molecule has 1 saturated heterocycles. The molecular formula is C24H32N4O2. The van der Waals surface area contributed by atoms with Crippen LogP contribution in [-0.2, 0) is 17.9 Å². The number of hydrogen-bond acceptors (Lipinski definition) is 3. The van der Waals surface area contributed by atoms with Gasteiger partial charge in [0.2, 0.25) is 5.91 Å². The maximum Gasteiger partial charge on any atom is 0.217 e. The molecule has 3 N–H and O–H groups in total. The van der Waals surface area contributed by atoms with Gasteiger partial charge in [-0.2, -0.15) is 0 Å². The first-order valence-electron chi connectivity index (χ1n) is 10.7. The van der Waals surface area contributed by atoms with E-state index in [2.05, 4.69) is 35.3 Å². The third-order valence-corrected chi connectivity index (χ3v) is 5.20. The molecule has 30 heavy (non-hydrogen) atoms. The number of benzene rings is 2. The lowest BCUT2D eigenvalue weighted by Gasteiger charge is -2.34. The fraction of sp³-hybridized carbons (Fsp3) is 0.417. The molecule has 1 aliphatic heterocycles. The molecule has 0 spiro atoms. The van der Waals surface area contributed by atoms with Crippen molar-refractivity contribution in [1.82, 2.24) is 10.2 Å². The first-order chi connectivity index (χ1) is 14.6. The van der Waals surface area contributed by atoms with Gasteiger partial charge in [-0.3, -0.25) is 4.79 Å². The number of nitrogens with two attached hydrogens (primary N) is 1. The standard InChI is InChI=1S/C24H32N4O2/c1-2-26-24(28-13-7-11-21(17-28)15-23(25)29)27-16-20-10-6-12-22(14-20)30-18-19-8-4-3-5-9-19/h3-6,8-10,12,14,21H,2,7,11,13,15-18H2,1H3,(H2,25,29)(H,26,27). The molecule has 1 aliphatic rings. The zero-order chi connectivity index (χ0) is 21.2. The van der Waals surface area contributed by atoms with Crippen molar-refractivity contribution in [1.29, 1.82) is 0 Å². The smallest absolute Gasteiger partial charge is 0.217 e. The lowest BCUT2D eigenvalue weighted by molar-refractivity contribution is -0.119. The summed E-state index contributed by atoms with van der Waals surface area (Å²) in [6.45, 7) is 5.75. The minimum Gasteiger partial charge on any atom is -0.489 e. The Morgan fingerprint density at radius 2 is 2.00 bits per heavy atom. The van der Waals surface area contributed by atoms with Crippen LogP contribution in [0.25, 0.3) is 0 Å². The molecule has 6 heteroatoms. The molecule has 0 aromatic heterocycles. The summed E-state index contributed by atoms with van der Waals surface area (Å²) < 4.78 is 5.94. The van der Waals surface area contributed by atoms with Crippen LogP contribution < -0.4 is 15.8 Å². The number of guanidine groups is 1. The highest BCUT2D eigenvalue weighted by atomic mass is 16.5. The van der Waals surface area contributed by atoms with Gasteiger partial charge in [0.15, 0.2) is 5.96 Å². The fourth-order valence-electron chi connectivity index (χ4n) is 3.78. The Kier molecular flexibility index (Phi) is 8.12. The number of likely N-dealkylation sites (tertiary alicyclic amines) is 1. The van der Waals surface area contributed by atoms with Crippen LogP contribution in [0.3, 0.4) is 0 Å². The van der Waals surface area contributed by atoms with E-state index >= 15 is 0 Å². The van der Waals surface area contributed by atoms with Crippen LogP contribution in [-0.4, -0.2) is 36.4 Å². The van der Waals surface area contributed by atoms with Crippen molar-refractivity contribution in [3.63, 3.8) is 0 Å². The molecule has 0 bridgehead atoms. The van der Waals surface area contributed by atoms with Gasteiger partial charge in [0.1, 0.15) is 12.4 Å². The number of nitrogens with one attached hydrogen (secondary N) is 1. The van der Waals surface area contributed by atoms with Crippen molar-refractivity contribution in [2.24, 2.45) is 16.6 Å². The maximum absolute atomic E-state index is 11.3. The Balaban J connectivity index is 1.62. The van der Waals surface area contributed by atoms with Crippen LogP contribution in [0, 0.1) is 5.92 Å². The Bertz CT molecular complexity index is 838. The van der Waals surface area contributed by atoms with E-state index in [1.807, 2.05) is 36.4 Å². The van der Waals surface area contributed by atoms with E-state index in [0.717, 1.165) is 55.3 Å². The molecule has 2 aromatic rings. The normalized spacial score (nSPS) is 16.9. The third kappa shape index (κ3) is 6.79. The largest absolute Gasteiger partial charge is 0.489 e. The van der Waals surface area contributed by atoms with Gasteiger partial charge < -0.3 is 20.7 Å². The molecule has 1 unspecified atom stereocenters. The molecule has 0 saturated carbocycles. The fourth-order valence-corrected chi connectivity index (χ4v) is 3.78. The number of carbonyl (C=O) groups is 1. The molecule has 1 amide bonds. The van der Waals surface area contributed by atoms with Crippen LogP contribution >= 0.6 is 0 Å². The molecule has 1 heterocycles. The average Bonchev–Trinajstić information content (AvgIpc) is 2.76. The summed E-state index contributed by atoms with van der Waals surface area (Å²) in [5.74, 6) is 1.81. The van der Waals surface area contributed by atoms with E-state index in [9.17, 15) is 4.79 Å². The van der Waals surface area contributed by atoms with Crippen molar-refractivity contribution >= 4 is 11.9 Å². The van der Waals surface area contributed by atoms with E-state index in [-0.39, 0.29) is 5.91 Å². The third-order valence-electron chi connectivity index (χ3n) is 5.20. The van der Waals surface area contributed by atoms with Crippen LogP contribution in [0.15, 0.2) is 59.6 Å². The van der Waals surface area contributed by atoms with Crippen molar-refractivity contribution in [3.8, 4) is 5.75 Å². The Hall–Kier alpha value is -3.02. The number of piperidine rings is 1. The molecule has 3 rings (SSSR count). The van der Waals surface area contributed by atoms with Crippen LogP contribution in [0.5, 0.6) is 5.75 Å². The summed E-state index contributed by atoms with van der Waals surface area (Å²) in [6.07, 6.45) is 2.53. The first kappa shape index (κ1) is 21.7. The van der Waals surface area contributed by atoms with Crippen molar-refractivity contribution < 1.29 is 9.53 Å². The van der Waals surface area contributed by atoms with Gasteiger partial charge >= 0.3 is 0 Å². The highest BCUT2D eigenvalue weighted by Crippen LogP contribution is 2.20. The predicted molar refractivity (Wildman–Crippen MR) is 120 cm³/mol. The van der Waals surface area contributed by atoms with Crippen LogP contribution in [0.2, 0.25) is 0 Å². The molecule has 1 fully saturated rings. The molecule has 160 valence electrons. The Morgan fingerprint density at radius 1 is 1.20 bits per heavy atom. The maximum atomic E-state index is 11.3. The van der Waals surface area contributed by atoms with Gasteiger partial charge in [-0.05, 0) is 48.9 Å². The second-order valence-corrected chi connectivity index (χ2v) is 7.72. The monoisotopic (exact) mass is 408 g/mol. The summed E-state index contributed by atoms with van der Waals surface area (Å²) >= 11 is 0. The molecule has 2 aromatic carbocycles. The predicted octanol–water partition coefficient (Wildman–Crippen LogP) is 3.32. The van der Waals surface area contributed by atoms with Crippen molar-refractivity contribution in [2.45, 2.75) is 39.3 Å². The van der Waals surface area contributed by atoms with Gasteiger partial charge in [-0.25, -0.2) is 4.99 Å². The lowest BCUT2D eigenvalue weighted by atomic mass is 9.95. The topological polar surface area (TPSA) is 80.0 Å². The average molecular weight is 409 g/mol. The van der Waals surface area contributed by atoms with Gasteiger partial charge in [0.25, 0.3) is 0 Å². The summed E-state index contributed by atoms with van der Waals surface area (Å²) in [5, 5.41) is 3.39. The van der Waals surface area contributed by atoms with Gasteiger partial charge in [-0.15, -0.1) is 0 Å². The minimum atomic E-state index is -0.226. The number of nitrogens with zero attached hydrogens (tertiary/aromatic N) is 2. The SMILES string of the molecule is CCNC(=NCc1cccc(OCc2ccccc2)c1)N1CCCC(CC(N)=O)C1. The molecule has 0 aliphatic carbocycles. The number of hydrogen-bond donors (Lipinski definition) is 2. The Morgan fingerprint density at radius 3 is 2.77 bits per heavy atom. The summed E-state index contributed by atoms with van der Waals surface area (Å²) in [7, 11) is 0. The zero-order valence-corrected chi connectivity index (χ0v) is 17.7. The van der Waals surface area contributed by atoms with Gasteiger partial charge in [-0.1, -0.05) is 42.5 Å². The van der Waals surface area contributed by atoms with E-state index in [1.165, 1.54) is 0 Å². The van der Waals surface area contributed by atoms with E-state index in [4.69, 9.17) is 15.5 Å². The number of ether oxygens (including phenoxy) is 1. The number of rotatable bonds is 8. The highest BCUT2D eigenvalue weighted by Gasteiger charge is 2.23. The van der Waals surface area contributed by atoms with E-state index in [1.54, 1.807) is 0 Å². The number of amides is 1. The quantitative estimate of drug-likeness (QED) is 0.519. The van der Waals surface area contributed by atoms with Crippen molar-refractivity contribution in [3.05, 3.63) is 65.7 Å². The van der Waals surface area contributed by atoms with Crippen molar-refractivity contribution in [2.75, 3.05) is 19.6 Å². The number of primary amides is 1. The van der Waals surface area contributed by atoms with E-state index in [0.29, 0.717) is 25.5 Å². The minimum absolute atomic E-state index is 0.226. The second-order valence-electron chi connectivity index (χ2n) is 7.72. The van der Waals surface area contributed by atoms with Gasteiger partial charge in [0, 0.05) is 26.1 Å². The molecule has 0 radical (unpaired) electrons. The molecule has 1 atom stereocenters. The molecular weight excluding hydrogens is 376 g/mol. The number of carbonyl (C=O) groups excluding carboxylic acids is 1. The number of aliphatic imine (C=N–C) groups is 1.